The number of anilines is 1. The van der Waals surface area contributed by atoms with E-state index in [0.29, 0.717) is 16.6 Å². The first kappa shape index (κ1) is 13.5. The molecule has 2 rings (SSSR count). The van der Waals surface area contributed by atoms with Crippen molar-refractivity contribution < 1.29 is 13.2 Å². The average Bonchev–Trinajstić information content (AvgIpc) is 2.35. The number of alkyl halides is 3. The van der Waals surface area contributed by atoms with Crippen molar-refractivity contribution in [1.82, 2.24) is 15.3 Å². The van der Waals surface area contributed by atoms with Gasteiger partial charge in [-0.3, -0.25) is 0 Å². The lowest BCUT2D eigenvalue weighted by molar-refractivity contribution is -0.137. The van der Waals surface area contributed by atoms with Gasteiger partial charge in [0.2, 0.25) is 5.95 Å². The molecule has 0 spiro atoms. The maximum atomic E-state index is 12.7. The number of nitrogens with one attached hydrogen (secondary N) is 1. The number of benzene rings is 1. The molecule has 7 heteroatoms. The molecule has 102 valence electrons. The van der Waals surface area contributed by atoms with Gasteiger partial charge in [-0.25, -0.2) is 9.97 Å². The highest BCUT2D eigenvalue weighted by molar-refractivity contribution is 5.83. The summed E-state index contributed by atoms with van der Waals surface area (Å²) < 4.78 is 38.2. The van der Waals surface area contributed by atoms with E-state index in [9.17, 15) is 13.2 Å². The van der Waals surface area contributed by atoms with E-state index >= 15 is 0 Å². The molecule has 1 heterocycles. The number of nitrogens with two attached hydrogens (primary N) is 1. The number of rotatable bonds is 2. The molecule has 0 aliphatic rings. The van der Waals surface area contributed by atoms with Crippen LogP contribution < -0.4 is 11.1 Å². The van der Waals surface area contributed by atoms with Crippen molar-refractivity contribution in [3.63, 3.8) is 0 Å². The third-order valence-corrected chi connectivity index (χ3v) is 2.91. The van der Waals surface area contributed by atoms with Crippen LogP contribution >= 0.6 is 0 Å². The molecule has 1 atom stereocenters. The van der Waals surface area contributed by atoms with E-state index in [4.69, 9.17) is 5.73 Å². The second kappa shape index (κ2) is 4.65. The van der Waals surface area contributed by atoms with E-state index in [1.54, 1.807) is 14.0 Å². The normalized spacial score (nSPS) is 13.7. The van der Waals surface area contributed by atoms with Crippen LogP contribution in [-0.2, 0) is 6.18 Å². The van der Waals surface area contributed by atoms with Gasteiger partial charge in [-0.05, 0) is 32.2 Å². The lowest BCUT2D eigenvalue weighted by Crippen LogP contribution is -2.16. The molecule has 2 aromatic rings. The minimum atomic E-state index is -4.39. The minimum Gasteiger partial charge on any atom is -0.368 e. The Kier molecular flexibility index (Phi) is 3.32. The topological polar surface area (TPSA) is 63.8 Å². The van der Waals surface area contributed by atoms with Crippen molar-refractivity contribution in [2.75, 3.05) is 12.8 Å². The van der Waals surface area contributed by atoms with Crippen LogP contribution in [0.25, 0.3) is 10.9 Å². The van der Waals surface area contributed by atoms with Crippen LogP contribution in [0, 0.1) is 0 Å². The second-order valence-electron chi connectivity index (χ2n) is 4.21. The first-order chi connectivity index (χ1) is 8.82. The zero-order valence-electron chi connectivity index (χ0n) is 10.4. The number of nitrogen functional groups attached to an aromatic ring is 1. The molecule has 1 aromatic heterocycles. The third-order valence-electron chi connectivity index (χ3n) is 2.91. The van der Waals surface area contributed by atoms with Crippen LogP contribution in [0.1, 0.15) is 24.2 Å². The Morgan fingerprint density at radius 3 is 2.53 bits per heavy atom. The zero-order valence-corrected chi connectivity index (χ0v) is 10.4. The summed E-state index contributed by atoms with van der Waals surface area (Å²) in [5.74, 6) is 0.0457. The molecule has 0 aliphatic carbocycles. The van der Waals surface area contributed by atoms with E-state index in [0.717, 1.165) is 12.1 Å². The number of hydrogen-bond acceptors (Lipinski definition) is 4. The Morgan fingerprint density at radius 2 is 1.95 bits per heavy atom. The van der Waals surface area contributed by atoms with Crippen molar-refractivity contribution >= 4 is 16.9 Å². The lowest BCUT2D eigenvalue weighted by Gasteiger charge is -2.14. The molecule has 0 amide bonds. The highest BCUT2D eigenvalue weighted by Gasteiger charge is 2.31. The third kappa shape index (κ3) is 2.60. The quantitative estimate of drug-likeness (QED) is 0.880. The lowest BCUT2D eigenvalue weighted by atomic mass is 10.1. The van der Waals surface area contributed by atoms with Gasteiger partial charge in [-0.15, -0.1) is 0 Å². The molecule has 0 aliphatic heterocycles. The zero-order chi connectivity index (χ0) is 14.2. The summed E-state index contributed by atoms with van der Waals surface area (Å²) in [5, 5.41) is 3.28. The minimum absolute atomic E-state index is 0.0457. The molecule has 3 N–H and O–H groups in total. The van der Waals surface area contributed by atoms with Crippen LogP contribution in [0.2, 0.25) is 0 Å². The fourth-order valence-corrected chi connectivity index (χ4v) is 1.81. The van der Waals surface area contributed by atoms with E-state index in [-0.39, 0.29) is 12.0 Å². The van der Waals surface area contributed by atoms with E-state index < -0.39 is 11.7 Å². The Labute approximate surface area is 107 Å². The highest BCUT2D eigenvalue weighted by Crippen LogP contribution is 2.32. The number of hydrogen-bond donors (Lipinski definition) is 2. The summed E-state index contributed by atoms with van der Waals surface area (Å²) in [6, 6.07) is 3.12. The van der Waals surface area contributed by atoms with Crippen molar-refractivity contribution in [2.45, 2.75) is 19.1 Å². The van der Waals surface area contributed by atoms with Gasteiger partial charge in [-0.2, -0.15) is 13.2 Å². The first-order valence-electron chi connectivity index (χ1n) is 5.64. The van der Waals surface area contributed by atoms with E-state index in [1.807, 2.05) is 0 Å². The molecular weight excluding hydrogens is 257 g/mol. The summed E-state index contributed by atoms with van der Waals surface area (Å²) >= 11 is 0. The van der Waals surface area contributed by atoms with Gasteiger partial charge in [0.15, 0.2) is 0 Å². The molecule has 1 unspecified atom stereocenters. The molecule has 0 saturated heterocycles. The van der Waals surface area contributed by atoms with Crippen LogP contribution in [0.4, 0.5) is 19.1 Å². The molecule has 0 fully saturated rings. The maximum Gasteiger partial charge on any atom is 0.416 e. The van der Waals surface area contributed by atoms with Crippen molar-refractivity contribution in [2.24, 2.45) is 0 Å². The molecule has 0 radical (unpaired) electrons. The van der Waals surface area contributed by atoms with Gasteiger partial charge in [0.25, 0.3) is 0 Å². The van der Waals surface area contributed by atoms with Crippen molar-refractivity contribution in [1.29, 1.82) is 0 Å². The summed E-state index contributed by atoms with van der Waals surface area (Å²) in [6.07, 6.45) is -4.39. The predicted octanol–water partition coefficient (Wildman–Crippen LogP) is 2.51. The number of aromatic nitrogens is 2. The number of fused-ring (bicyclic) bond motifs is 1. The molecule has 1 aromatic carbocycles. The monoisotopic (exact) mass is 270 g/mol. The number of nitrogens with zero attached hydrogens (tertiary/aromatic N) is 2. The van der Waals surface area contributed by atoms with Crippen molar-refractivity contribution in [3.8, 4) is 0 Å². The molecular formula is C12H13F3N4. The summed E-state index contributed by atoms with van der Waals surface area (Å²) in [7, 11) is 1.70. The van der Waals surface area contributed by atoms with Crippen LogP contribution in [-0.4, -0.2) is 17.0 Å². The summed E-state index contributed by atoms with van der Waals surface area (Å²) in [6.45, 7) is 1.79. The fraction of sp³-hybridized carbons (Fsp3) is 0.333. The largest absolute Gasteiger partial charge is 0.416 e. The molecule has 0 bridgehead atoms. The Morgan fingerprint density at radius 1 is 1.26 bits per heavy atom. The Balaban J connectivity index is 2.72. The van der Waals surface area contributed by atoms with Gasteiger partial charge in [0.05, 0.1) is 16.8 Å². The van der Waals surface area contributed by atoms with Gasteiger partial charge in [0.1, 0.15) is 0 Å². The Bertz CT molecular complexity index is 610. The fourth-order valence-electron chi connectivity index (χ4n) is 1.81. The Hall–Kier alpha value is -1.89. The van der Waals surface area contributed by atoms with Gasteiger partial charge in [0, 0.05) is 11.4 Å². The molecule has 19 heavy (non-hydrogen) atoms. The highest BCUT2D eigenvalue weighted by atomic mass is 19.4. The molecule has 0 saturated carbocycles. The maximum absolute atomic E-state index is 12.7. The van der Waals surface area contributed by atoms with Gasteiger partial charge in [-0.1, -0.05) is 0 Å². The van der Waals surface area contributed by atoms with Gasteiger partial charge < -0.3 is 11.1 Å². The molecule has 4 nitrogen and oxygen atoms in total. The van der Waals surface area contributed by atoms with E-state index in [2.05, 4.69) is 15.3 Å². The standard InChI is InChI=1S/C12H13F3N4/c1-6(17-2)10-8-5-7(12(13,14)15)3-4-9(8)18-11(16)19-10/h3-6,17H,1-2H3,(H2,16,18,19). The SMILES string of the molecule is CNC(C)c1nc(N)nc2ccc(C(F)(F)F)cc12. The smallest absolute Gasteiger partial charge is 0.368 e. The summed E-state index contributed by atoms with van der Waals surface area (Å²) in [5.41, 5.74) is 5.70. The number of halogens is 3. The van der Waals surface area contributed by atoms with E-state index in [1.165, 1.54) is 6.07 Å². The van der Waals surface area contributed by atoms with Gasteiger partial charge >= 0.3 is 6.18 Å². The van der Waals surface area contributed by atoms with Crippen molar-refractivity contribution in [3.05, 3.63) is 29.5 Å². The van der Waals surface area contributed by atoms with Crippen LogP contribution in [0.3, 0.4) is 0 Å². The first-order valence-corrected chi connectivity index (χ1v) is 5.64. The summed E-state index contributed by atoms with van der Waals surface area (Å²) in [4.78, 5) is 7.98. The van der Waals surface area contributed by atoms with Crippen LogP contribution in [0.15, 0.2) is 18.2 Å². The second-order valence-corrected chi connectivity index (χ2v) is 4.21. The van der Waals surface area contributed by atoms with Crippen LogP contribution in [0.5, 0.6) is 0 Å². The average molecular weight is 270 g/mol. The predicted molar refractivity (Wildman–Crippen MR) is 66.4 cm³/mol.